The normalized spacial score (nSPS) is 26.4. The lowest BCUT2D eigenvalue weighted by atomic mass is 10.1. The van der Waals surface area contributed by atoms with Crippen molar-refractivity contribution >= 4 is 17.5 Å². The molecule has 1 aromatic heterocycles. The fraction of sp³-hybridized carbons (Fsp3) is 0.471. The molecule has 2 aliphatic heterocycles. The number of amides is 1. The first-order chi connectivity index (χ1) is 12.1. The molecule has 25 heavy (non-hydrogen) atoms. The number of hydrogen-bond donors (Lipinski definition) is 1. The number of morpholine rings is 1. The number of nitrogens with zero attached hydrogens (tertiary/aromatic N) is 3. The van der Waals surface area contributed by atoms with Crippen molar-refractivity contribution in [3.05, 3.63) is 46.2 Å². The molecular weight excluding hydrogens is 344 g/mol. The van der Waals surface area contributed by atoms with Gasteiger partial charge in [-0.05, 0) is 36.2 Å². The summed E-state index contributed by atoms with van der Waals surface area (Å²) < 4.78 is 10.6. The van der Waals surface area contributed by atoms with Crippen LogP contribution in [0.3, 0.4) is 0 Å². The Bertz CT molecular complexity index is 764. The number of fused-ring (bicyclic) bond motifs is 1. The van der Waals surface area contributed by atoms with Crippen molar-refractivity contribution in [2.45, 2.75) is 31.5 Å². The number of benzene rings is 1. The zero-order valence-corrected chi connectivity index (χ0v) is 14.6. The maximum absolute atomic E-state index is 12.3. The number of carbonyl (C=O) groups excluding carboxylic acids is 1. The molecule has 1 amide bonds. The number of ether oxygens (including phenoxy) is 1. The van der Waals surface area contributed by atoms with E-state index in [1.54, 1.807) is 6.92 Å². The average molecular weight is 363 g/mol. The molecular formula is C17H19ClN4O3. The maximum Gasteiger partial charge on any atom is 0.275 e. The van der Waals surface area contributed by atoms with E-state index in [0.717, 1.165) is 30.1 Å². The van der Waals surface area contributed by atoms with Crippen LogP contribution in [0.4, 0.5) is 0 Å². The predicted octanol–water partition coefficient (Wildman–Crippen LogP) is 1.98. The van der Waals surface area contributed by atoms with Gasteiger partial charge in [0.15, 0.2) is 5.69 Å². The van der Waals surface area contributed by atoms with Crippen molar-refractivity contribution in [1.29, 1.82) is 0 Å². The second kappa shape index (κ2) is 6.74. The molecule has 0 radical (unpaired) electrons. The zero-order chi connectivity index (χ0) is 17.4. The summed E-state index contributed by atoms with van der Waals surface area (Å²) in [6.07, 6.45) is 0.897. The van der Waals surface area contributed by atoms with Gasteiger partial charge in [0.2, 0.25) is 0 Å². The van der Waals surface area contributed by atoms with Crippen molar-refractivity contribution < 1.29 is 14.2 Å². The first-order valence-corrected chi connectivity index (χ1v) is 8.69. The van der Waals surface area contributed by atoms with E-state index in [2.05, 4.69) is 25.2 Å². The lowest BCUT2D eigenvalue weighted by Gasteiger charge is -2.35. The number of aromatic nitrogens is 2. The first-order valence-electron chi connectivity index (χ1n) is 8.31. The Morgan fingerprint density at radius 1 is 1.28 bits per heavy atom. The summed E-state index contributed by atoms with van der Waals surface area (Å²) in [5.41, 5.74) is 1.87. The second-order valence-electron chi connectivity index (χ2n) is 6.59. The predicted molar refractivity (Wildman–Crippen MR) is 90.4 cm³/mol. The lowest BCUT2D eigenvalue weighted by molar-refractivity contribution is -0.0502. The smallest absolute Gasteiger partial charge is 0.275 e. The van der Waals surface area contributed by atoms with E-state index in [1.165, 1.54) is 0 Å². The van der Waals surface area contributed by atoms with Crippen LogP contribution in [-0.4, -0.2) is 52.9 Å². The van der Waals surface area contributed by atoms with E-state index in [0.29, 0.717) is 18.3 Å². The maximum atomic E-state index is 12.3. The van der Waals surface area contributed by atoms with E-state index in [4.69, 9.17) is 16.3 Å². The van der Waals surface area contributed by atoms with E-state index in [1.807, 2.05) is 24.3 Å². The standard InChI is InChI=1S/C17H19ClN4O3/c1-10-16(21-25-20-10)17(23)19-13-6-14-9-24-15(8-22(14)7-13)11-2-4-12(18)5-3-11/h2-5,13-15H,6-9H2,1H3,(H,19,23)/t13-,14+,15-/m1/s1. The molecule has 0 unspecified atom stereocenters. The van der Waals surface area contributed by atoms with Crippen LogP contribution in [0.15, 0.2) is 28.9 Å². The fourth-order valence-electron chi connectivity index (χ4n) is 3.55. The molecule has 8 heteroatoms. The quantitative estimate of drug-likeness (QED) is 0.899. The summed E-state index contributed by atoms with van der Waals surface area (Å²) >= 11 is 5.95. The summed E-state index contributed by atoms with van der Waals surface area (Å²) in [7, 11) is 0. The molecule has 1 N–H and O–H groups in total. The number of hydrogen-bond acceptors (Lipinski definition) is 6. The van der Waals surface area contributed by atoms with Crippen LogP contribution in [-0.2, 0) is 4.74 Å². The highest BCUT2D eigenvalue weighted by molar-refractivity contribution is 6.30. The lowest BCUT2D eigenvalue weighted by Crippen LogP contribution is -2.43. The minimum absolute atomic E-state index is 0.0324. The van der Waals surface area contributed by atoms with Crippen LogP contribution < -0.4 is 5.32 Å². The van der Waals surface area contributed by atoms with Crippen molar-refractivity contribution in [1.82, 2.24) is 20.5 Å². The number of rotatable bonds is 3. The Morgan fingerprint density at radius 2 is 2.08 bits per heavy atom. The summed E-state index contributed by atoms with van der Waals surface area (Å²) in [5, 5.41) is 11.1. The average Bonchev–Trinajstić information content (AvgIpc) is 3.20. The Labute approximate surface area is 150 Å². The molecule has 3 atom stereocenters. The van der Waals surface area contributed by atoms with Gasteiger partial charge in [-0.25, -0.2) is 4.63 Å². The highest BCUT2D eigenvalue weighted by atomic mass is 35.5. The molecule has 2 saturated heterocycles. The summed E-state index contributed by atoms with van der Waals surface area (Å²) in [4.78, 5) is 14.6. The van der Waals surface area contributed by atoms with Gasteiger partial charge >= 0.3 is 0 Å². The van der Waals surface area contributed by atoms with E-state index in [9.17, 15) is 4.79 Å². The highest BCUT2D eigenvalue weighted by Crippen LogP contribution is 2.30. The Balaban J connectivity index is 1.38. The van der Waals surface area contributed by atoms with Crippen molar-refractivity contribution in [3.63, 3.8) is 0 Å². The largest absolute Gasteiger partial charge is 0.371 e. The van der Waals surface area contributed by atoms with Crippen LogP contribution >= 0.6 is 11.6 Å². The minimum Gasteiger partial charge on any atom is -0.371 e. The zero-order valence-electron chi connectivity index (χ0n) is 13.8. The second-order valence-corrected chi connectivity index (χ2v) is 7.02. The van der Waals surface area contributed by atoms with Crippen LogP contribution in [0.1, 0.15) is 34.3 Å². The van der Waals surface area contributed by atoms with E-state index >= 15 is 0 Å². The Kier molecular flexibility index (Phi) is 4.45. The third-order valence-electron chi connectivity index (χ3n) is 4.86. The summed E-state index contributed by atoms with van der Waals surface area (Å²) in [5.74, 6) is -0.237. The van der Waals surface area contributed by atoms with Gasteiger partial charge in [0.25, 0.3) is 5.91 Å². The van der Waals surface area contributed by atoms with Crippen LogP contribution in [0.25, 0.3) is 0 Å². The van der Waals surface area contributed by atoms with Gasteiger partial charge in [-0.3, -0.25) is 9.69 Å². The first kappa shape index (κ1) is 16.5. The third kappa shape index (κ3) is 3.40. The molecule has 132 valence electrons. The topological polar surface area (TPSA) is 80.5 Å². The molecule has 2 aromatic rings. The summed E-state index contributed by atoms with van der Waals surface area (Å²) in [6.45, 7) is 3.97. The molecule has 0 saturated carbocycles. The Morgan fingerprint density at radius 3 is 2.80 bits per heavy atom. The molecule has 0 aliphatic carbocycles. The van der Waals surface area contributed by atoms with Crippen LogP contribution in [0.5, 0.6) is 0 Å². The van der Waals surface area contributed by atoms with E-state index in [-0.39, 0.29) is 23.7 Å². The van der Waals surface area contributed by atoms with Crippen molar-refractivity contribution in [2.24, 2.45) is 0 Å². The monoisotopic (exact) mass is 362 g/mol. The highest BCUT2D eigenvalue weighted by Gasteiger charge is 2.38. The van der Waals surface area contributed by atoms with Gasteiger partial charge in [0.1, 0.15) is 5.69 Å². The molecule has 0 bridgehead atoms. The molecule has 3 heterocycles. The van der Waals surface area contributed by atoms with Gasteiger partial charge in [0, 0.05) is 30.2 Å². The number of carbonyl (C=O) groups is 1. The molecule has 2 aliphatic rings. The fourth-order valence-corrected chi connectivity index (χ4v) is 3.68. The van der Waals surface area contributed by atoms with Gasteiger partial charge in [-0.15, -0.1) is 0 Å². The van der Waals surface area contributed by atoms with Crippen molar-refractivity contribution in [3.8, 4) is 0 Å². The van der Waals surface area contributed by atoms with Crippen LogP contribution in [0.2, 0.25) is 5.02 Å². The number of aryl methyl sites for hydroxylation is 1. The Hall–Kier alpha value is -1.96. The van der Waals surface area contributed by atoms with Crippen molar-refractivity contribution in [2.75, 3.05) is 19.7 Å². The van der Waals surface area contributed by atoms with Gasteiger partial charge in [-0.1, -0.05) is 28.9 Å². The SMILES string of the molecule is Cc1nonc1C(=O)N[C@@H]1C[C@H]2CO[C@@H](c3ccc(Cl)cc3)CN2C1. The minimum atomic E-state index is -0.237. The molecule has 0 spiro atoms. The van der Waals surface area contributed by atoms with Crippen LogP contribution in [0, 0.1) is 6.92 Å². The van der Waals surface area contributed by atoms with Gasteiger partial charge in [-0.2, -0.15) is 0 Å². The van der Waals surface area contributed by atoms with Gasteiger partial charge < -0.3 is 10.1 Å². The molecule has 4 rings (SSSR count). The molecule has 7 nitrogen and oxygen atoms in total. The third-order valence-corrected chi connectivity index (χ3v) is 5.11. The van der Waals surface area contributed by atoms with Gasteiger partial charge in [0.05, 0.1) is 12.7 Å². The molecule has 1 aromatic carbocycles. The number of nitrogens with one attached hydrogen (secondary N) is 1. The van der Waals surface area contributed by atoms with E-state index < -0.39 is 0 Å². The summed E-state index contributed by atoms with van der Waals surface area (Å²) in [6, 6.07) is 8.17. The number of halogens is 1. The molecule has 2 fully saturated rings.